The highest BCUT2D eigenvalue weighted by molar-refractivity contribution is 8.00. The summed E-state index contributed by atoms with van der Waals surface area (Å²) >= 11 is 1.41. The molecule has 0 atom stereocenters. The molecule has 1 amide bonds. The Morgan fingerprint density at radius 1 is 1.07 bits per heavy atom. The molecule has 0 unspecified atom stereocenters. The summed E-state index contributed by atoms with van der Waals surface area (Å²) in [6, 6.07) is 15.8. The molecule has 1 heterocycles. The quantitative estimate of drug-likeness (QED) is 0.451. The van der Waals surface area contributed by atoms with Crippen LogP contribution in [0.15, 0.2) is 53.4 Å². The van der Waals surface area contributed by atoms with E-state index in [4.69, 9.17) is 4.74 Å². The van der Waals surface area contributed by atoms with E-state index in [1.54, 1.807) is 4.68 Å². The third kappa shape index (κ3) is 5.30. The largest absolute Gasteiger partial charge is 0.455 e. The summed E-state index contributed by atoms with van der Waals surface area (Å²) in [5, 5.41) is 7.30. The lowest BCUT2D eigenvalue weighted by Crippen LogP contribution is -2.22. The van der Waals surface area contributed by atoms with Crippen LogP contribution >= 0.6 is 11.8 Å². The number of para-hydroxylation sites is 1. The fraction of sp³-hybridized carbons (Fsp3) is 0.261. The van der Waals surface area contributed by atoms with Crippen LogP contribution in [0.2, 0.25) is 0 Å². The molecule has 1 N–H and O–H groups in total. The fourth-order valence-electron chi connectivity index (χ4n) is 3.11. The van der Waals surface area contributed by atoms with E-state index in [1.165, 1.54) is 17.3 Å². The molecule has 156 valence electrons. The number of thioether (sulfide) groups is 1. The molecule has 1 aromatic heterocycles. The molecule has 3 rings (SSSR count). The van der Waals surface area contributed by atoms with Gasteiger partial charge in [0.1, 0.15) is 0 Å². The van der Waals surface area contributed by atoms with E-state index in [-0.39, 0.29) is 12.4 Å². The van der Waals surface area contributed by atoms with Crippen molar-refractivity contribution in [3.8, 4) is 5.69 Å². The SMILES string of the molecule is Cc1ccc(SCC(=O)OCC(=O)Nc2c(C)nn(-c3ccccc3)c2C)c(C)c1. The molecule has 30 heavy (non-hydrogen) atoms. The van der Waals surface area contributed by atoms with Gasteiger partial charge in [0, 0.05) is 4.90 Å². The van der Waals surface area contributed by atoms with Gasteiger partial charge in [0.05, 0.1) is 28.5 Å². The van der Waals surface area contributed by atoms with E-state index in [1.807, 2.05) is 70.2 Å². The van der Waals surface area contributed by atoms with E-state index in [0.29, 0.717) is 11.4 Å². The Hall–Kier alpha value is -3.06. The summed E-state index contributed by atoms with van der Waals surface area (Å²) in [5.41, 5.74) is 5.34. The van der Waals surface area contributed by atoms with Crippen molar-refractivity contribution in [3.05, 3.63) is 71.0 Å². The molecule has 0 aliphatic heterocycles. The maximum absolute atomic E-state index is 12.3. The minimum atomic E-state index is -0.427. The summed E-state index contributed by atoms with van der Waals surface area (Å²) in [6.45, 7) is 7.42. The van der Waals surface area contributed by atoms with Gasteiger partial charge in [-0.15, -0.1) is 11.8 Å². The zero-order valence-corrected chi connectivity index (χ0v) is 18.4. The average Bonchev–Trinajstić information content (AvgIpc) is 3.00. The van der Waals surface area contributed by atoms with Crippen LogP contribution in [0.5, 0.6) is 0 Å². The number of carbonyl (C=O) groups is 2. The predicted octanol–water partition coefficient (Wildman–Crippen LogP) is 4.38. The molecule has 2 aromatic carbocycles. The van der Waals surface area contributed by atoms with Gasteiger partial charge in [-0.2, -0.15) is 5.10 Å². The number of amides is 1. The third-order valence-corrected chi connectivity index (χ3v) is 5.75. The first-order valence-electron chi connectivity index (χ1n) is 9.62. The number of benzene rings is 2. The van der Waals surface area contributed by atoms with Crippen molar-refractivity contribution in [3.63, 3.8) is 0 Å². The van der Waals surface area contributed by atoms with Crippen LogP contribution in [-0.4, -0.2) is 34.0 Å². The van der Waals surface area contributed by atoms with Crippen molar-refractivity contribution in [2.45, 2.75) is 32.6 Å². The number of rotatable bonds is 7. The molecule has 0 aliphatic rings. The van der Waals surface area contributed by atoms with Crippen molar-refractivity contribution in [1.29, 1.82) is 0 Å². The molecule has 0 saturated carbocycles. The van der Waals surface area contributed by atoms with Crippen molar-refractivity contribution in [2.75, 3.05) is 17.7 Å². The van der Waals surface area contributed by atoms with Gasteiger partial charge in [-0.05, 0) is 51.5 Å². The lowest BCUT2D eigenvalue weighted by molar-refractivity contribution is -0.144. The second-order valence-electron chi connectivity index (χ2n) is 7.06. The van der Waals surface area contributed by atoms with E-state index in [2.05, 4.69) is 16.5 Å². The Morgan fingerprint density at radius 3 is 2.50 bits per heavy atom. The Balaban J connectivity index is 1.53. The molecule has 0 radical (unpaired) electrons. The molecule has 0 bridgehead atoms. The molecular weight excluding hydrogens is 398 g/mol. The van der Waals surface area contributed by atoms with Gasteiger partial charge in [0.15, 0.2) is 6.61 Å². The summed E-state index contributed by atoms with van der Waals surface area (Å²) < 4.78 is 6.91. The van der Waals surface area contributed by atoms with Gasteiger partial charge in [-0.3, -0.25) is 9.59 Å². The monoisotopic (exact) mass is 423 g/mol. The van der Waals surface area contributed by atoms with Crippen molar-refractivity contribution < 1.29 is 14.3 Å². The molecule has 0 fully saturated rings. The number of aryl methyl sites for hydroxylation is 3. The first-order chi connectivity index (χ1) is 14.3. The van der Waals surface area contributed by atoms with Gasteiger partial charge < -0.3 is 10.1 Å². The zero-order valence-electron chi connectivity index (χ0n) is 17.6. The van der Waals surface area contributed by atoms with Crippen LogP contribution in [0.4, 0.5) is 5.69 Å². The van der Waals surface area contributed by atoms with Crippen molar-refractivity contribution >= 4 is 29.3 Å². The van der Waals surface area contributed by atoms with Crippen molar-refractivity contribution in [2.24, 2.45) is 0 Å². The first-order valence-corrected chi connectivity index (χ1v) is 10.6. The van der Waals surface area contributed by atoms with Crippen LogP contribution in [0.25, 0.3) is 5.69 Å². The van der Waals surface area contributed by atoms with E-state index in [9.17, 15) is 9.59 Å². The normalized spacial score (nSPS) is 10.7. The number of anilines is 1. The Kier molecular flexibility index (Phi) is 6.95. The summed E-state index contributed by atoms with van der Waals surface area (Å²) in [7, 11) is 0. The lowest BCUT2D eigenvalue weighted by Gasteiger charge is -2.09. The Bertz CT molecular complexity index is 1060. The van der Waals surface area contributed by atoms with Gasteiger partial charge in [0.25, 0.3) is 5.91 Å². The number of ether oxygens (including phenoxy) is 1. The highest BCUT2D eigenvalue weighted by Crippen LogP contribution is 2.24. The number of hydrogen-bond acceptors (Lipinski definition) is 5. The van der Waals surface area contributed by atoms with Crippen LogP contribution in [0.3, 0.4) is 0 Å². The van der Waals surface area contributed by atoms with Crippen molar-refractivity contribution in [1.82, 2.24) is 9.78 Å². The second-order valence-corrected chi connectivity index (χ2v) is 8.08. The Morgan fingerprint density at radius 2 is 1.80 bits per heavy atom. The van der Waals surface area contributed by atoms with E-state index in [0.717, 1.165) is 21.8 Å². The third-order valence-electron chi connectivity index (χ3n) is 4.60. The van der Waals surface area contributed by atoms with Gasteiger partial charge >= 0.3 is 5.97 Å². The number of aromatic nitrogens is 2. The summed E-state index contributed by atoms with van der Waals surface area (Å²) in [5.74, 6) is -0.663. The maximum atomic E-state index is 12.3. The van der Waals surface area contributed by atoms with Gasteiger partial charge in [-0.1, -0.05) is 35.9 Å². The molecule has 7 heteroatoms. The highest BCUT2D eigenvalue weighted by atomic mass is 32.2. The summed E-state index contributed by atoms with van der Waals surface area (Å²) in [6.07, 6.45) is 0. The van der Waals surface area contributed by atoms with Crippen LogP contribution in [0.1, 0.15) is 22.5 Å². The van der Waals surface area contributed by atoms with Crippen LogP contribution < -0.4 is 5.32 Å². The van der Waals surface area contributed by atoms with E-state index < -0.39 is 11.9 Å². The average molecular weight is 424 g/mol. The lowest BCUT2D eigenvalue weighted by atomic mass is 10.2. The van der Waals surface area contributed by atoms with Gasteiger partial charge in [0.2, 0.25) is 0 Å². The molecular formula is C23H25N3O3S. The second kappa shape index (κ2) is 9.63. The first kappa shape index (κ1) is 21.6. The Labute approximate surface area is 180 Å². The molecule has 0 spiro atoms. The van der Waals surface area contributed by atoms with Crippen LogP contribution in [0, 0.1) is 27.7 Å². The maximum Gasteiger partial charge on any atom is 0.316 e. The number of nitrogens with one attached hydrogen (secondary N) is 1. The van der Waals surface area contributed by atoms with Gasteiger partial charge in [-0.25, -0.2) is 4.68 Å². The standard InChI is InChI=1S/C23H25N3O3S/c1-15-10-11-20(16(2)12-15)30-14-22(28)29-13-21(27)24-23-17(3)25-26(18(23)4)19-8-6-5-7-9-19/h5-12H,13-14H2,1-4H3,(H,24,27). The topological polar surface area (TPSA) is 73.2 Å². The molecule has 3 aromatic rings. The number of hydrogen-bond donors (Lipinski definition) is 1. The zero-order chi connectivity index (χ0) is 21.7. The number of carbonyl (C=O) groups excluding carboxylic acids is 2. The highest BCUT2D eigenvalue weighted by Gasteiger charge is 2.16. The molecule has 0 aliphatic carbocycles. The molecule has 6 nitrogen and oxygen atoms in total. The number of nitrogens with zero attached hydrogens (tertiary/aromatic N) is 2. The van der Waals surface area contributed by atoms with E-state index >= 15 is 0 Å². The fourth-order valence-corrected chi connectivity index (χ4v) is 3.91. The predicted molar refractivity (Wildman–Crippen MR) is 119 cm³/mol. The minimum absolute atomic E-state index is 0.154. The molecule has 0 saturated heterocycles. The minimum Gasteiger partial charge on any atom is -0.455 e. The van der Waals surface area contributed by atoms with Crippen LogP contribution in [-0.2, 0) is 14.3 Å². The number of esters is 1. The summed E-state index contributed by atoms with van der Waals surface area (Å²) in [4.78, 5) is 25.4. The smallest absolute Gasteiger partial charge is 0.316 e.